The number of urea groups is 1. The van der Waals surface area contributed by atoms with Gasteiger partial charge in [-0.15, -0.1) is 0 Å². The zero-order valence-corrected chi connectivity index (χ0v) is 19.7. The number of hydrogen-bond acceptors (Lipinski definition) is 3. The first-order valence-corrected chi connectivity index (χ1v) is 11.1. The van der Waals surface area contributed by atoms with E-state index in [9.17, 15) is 14.4 Å². The number of carbonyl (C=O) groups is 2. The normalized spacial score (nSPS) is 14.1. The predicted octanol–water partition coefficient (Wildman–Crippen LogP) is 5.00. The predicted molar refractivity (Wildman–Crippen MR) is 120 cm³/mol. The smallest absolute Gasteiger partial charge is 0.315 e. The van der Waals surface area contributed by atoms with Gasteiger partial charge in [-0.2, -0.15) is 0 Å². The van der Waals surface area contributed by atoms with Gasteiger partial charge in [0.1, 0.15) is 0 Å². The highest BCUT2D eigenvalue weighted by Gasteiger charge is 2.40. The number of imide groups is 1. The fraction of sp³-hybridized carbons (Fsp3) is 0.696. The average Bonchev–Trinajstić information content (AvgIpc) is 2.73. The molecule has 2 heterocycles. The molecule has 166 valence electrons. The largest absolute Gasteiger partial charge is 0.327 e. The molecule has 0 saturated carbocycles. The number of nitrogens with zero attached hydrogens (tertiary/aromatic N) is 3. The van der Waals surface area contributed by atoms with Gasteiger partial charge in [-0.25, -0.2) is 4.79 Å². The van der Waals surface area contributed by atoms with Crippen molar-refractivity contribution in [3.63, 3.8) is 0 Å². The summed E-state index contributed by atoms with van der Waals surface area (Å²) >= 11 is 0. The zero-order valence-electron chi connectivity index (χ0n) is 19.7. The molecule has 0 N–H and O–H groups in total. The second-order valence-electron chi connectivity index (χ2n) is 7.18. The summed E-state index contributed by atoms with van der Waals surface area (Å²) in [5.41, 5.74) is -0.242. The summed E-state index contributed by atoms with van der Waals surface area (Å²) in [6, 6.07) is 3.30. The van der Waals surface area contributed by atoms with Gasteiger partial charge in [0.2, 0.25) is 5.91 Å². The second-order valence-corrected chi connectivity index (χ2v) is 7.18. The molecule has 0 aromatic carbocycles. The molecule has 1 aliphatic rings. The van der Waals surface area contributed by atoms with Crippen molar-refractivity contribution in [1.29, 1.82) is 0 Å². The first kappa shape index (κ1) is 26.9. The number of aromatic nitrogens is 1. The molecule has 3 amide bonds. The van der Waals surface area contributed by atoms with Crippen molar-refractivity contribution in [2.24, 2.45) is 0 Å². The van der Waals surface area contributed by atoms with E-state index < -0.39 is 5.54 Å². The van der Waals surface area contributed by atoms with Crippen LogP contribution in [0.15, 0.2) is 23.1 Å². The standard InChI is InChI=1S/C19H29N3O3.2C2H6/c1-5-6-7-8-12-21-13-9-10-15(17(21)24)19(2,3)22-14-11-16(23)20(4)18(22)25;2*1-2/h9-10,13H,5-8,11-12,14H2,1-4H3;2*1-2H3. The summed E-state index contributed by atoms with van der Waals surface area (Å²) in [5.74, 6) is -0.182. The van der Waals surface area contributed by atoms with Crippen molar-refractivity contribution in [1.82, 2.24) is 14.4 Å². The number of hydrogen-bond donors (Lipinski definition) is 0. The highest BCUT2D eigenvalue weighted by atomic mass is 16.2. The summed E-state index contributed by atoms with van der Waals surface area (Å²) in [7, 11) is 1.49. The van der Waals surface area contributed by atoms with Crippen LogP contribution < -0.4 is 5.56 Å². The van der Waals surface area contributed by atoms with Crippen molar-refractivity contribution in [2.45, 2.75) is 92.7 Å². The van der Waals surface area contributed by atoms with Crippen LogP contribution in [0.2, 0.25) is 0 Å². The number of carbonyl (C=O) groups excluding carboxylic acids is 2. The topological polar surface area (TPSA) is 62.6 Å². The molecule has 0 aliphatic carbocycles. The number of aryl methyl sites for hydroxylation is 1. The van der Waals surface area contributed by atoms with Gasteiger partial charge in [-0.1, -0.05) is 53.9 Å². The van der Waals surface area contributed by atoms with Gasteiger partial charge < -0.3 is 9.47 Å². The lowest BCUT2D eigenvalue weighted by Crippen LogP contribution is -2.58. The molecule has 0 radical (unpaired) electrons. The van der Waals surface area contributed by atoms with E-state index in [1.807, 2.05) is 53.8 Å². The van der Waals surface area contributed by atoms with Gasteiger partial charge in [-0.05, 0) is 32.4 Å². The Morgan fingerprint density at radius 2 is 1.62 bits per heavy atom. The Bertz CT molecular complexity index is 695. The van der Waals surface area contributed by atoms with Crippen LogP contribution in [0.3, 0.4) is 0 Å². The molecular formula is C23H41N3O3. The monoisotopic (exact) mass is 407 g/mol. The molecule has 0 spiro atoms. The van der Waals surface area contributed by atoms with Crippen molar-refractivity contribution < 1.29 is 9.59 Å². The van der Waals surface area contributed by atoms with Gasteiger partial charge >= 0.3 is 6.03 Å². The van der Waals surface area contributed by atoms with E-state index in [0.717, 1.165) is 24.2 Å². The SMILES string of the molecule is CC.CC.CCCCCCn1cccc(C(C)(C)N2CCC(=O)N(C)C2=O)c1=O. The summed E-state index contributed by atoms with van der Waals surface area (Å²) in [6.45, 7) is 14.9. The third kappa shape index (κ3) is 6.72. The van der Waals surface area contributed by atoms with E-state index >= 15 is 0 Å². The Balaban J connectivity index is 0.00000184. The summed E-state index contributed by atoms with van der Waals surface area (Å²) in [4.78, 5) is 39.9. The van der Waals surface area contributed by atoms with Crippen LogP contribution in [0.4, 0.5) is 4.79 Å². The van der Waals surface area contributed by atoms with Gasteiger partial charge in [-0.3, -0.25) is 14.5 Å². The molecule has 6 heteroatoms. The second kappa shape index (κ2) is 13.2. The third-order valence-corrected chi connectivity index (χ3v) is 5.05. The van der Waals surface area contributed by atoms with Crippen molar-refractivity contribution >= 4 is 11.9 Å². The fourth-order valence-electron chi connectivity index (χ4n) is 3.31. The number of rotatable bonds is 7. The van der Waals surface area contributed by atoms with Gasteiger partial charge in [0, 0.05) is 38.3 Å². The molecule has 1 saturated heterocycles. The summed E-state index contributed by atoms with van der Waals surface area (Å²) < 4.78 is 1.73. The average molecular weight is 408 g/mol. The maximum Gasteiger partial charge on any atom is 0.327 e. The third-order valence-electron chi connectivity index (χ3n) is 5.05. The van der Waals surface area contributed by atoms with Crippen LogP contribution in [0, 0.1) is 0 Å². The van der Waals surface area contributed by atoms with Crippen LogP contribution in [0.1, 0.15) is 86.1 Å². The first-order valence-electron chi connectivity index (χ1n) is 11.1. The minimum absolute atomic E-state index is 0.0589. The van der Waals surface area contributed by atoms with Crippen molar-refractivity contribution in [3.8, 4) is 0 Å². The van der Waals surface area contributed by atoms with Crippen molar-refractivity contribution in [3.05, 3.63) is 34.2 Å². The molecule has 0 bridgehead atoms. The Morgan fingerprint density at radius 1 is 1.00 bits per heavy atom. The molecule has 1 aromatic heterocycles. The molecule has 1 fully saturated rings. The highest BCUT2D eigenvalue weighted by Crippen LogP contribution is 2.28. The Morgan fingerprint density at radius 3 is 2.21 bits per heavy atom. The maximum absolute atomic E-state index is 12.9. The van der Waals surface area contributed by atoms with E-state index in [1.165, 1.54) is 13.5 Å². The van der Waals surface area contributed by atoms with E-state index in [1.54, 1.807) is 15.5 Å². The molecule has 2 rings (SSSR count). The van der Waals surface area contributed by atoms with Crippen LogP contribution in [-0.4, -0.2) is 39.9 Å². The number of unbranched alkanes of at least 4 members (excludes halogenated alkanes) is 3. The molecule has 6 nitrogen and oxygen atoms in total. The molecule has 1 aliphatic heterocycles. The molecule has 1 aromatic rings. The van der Waals surface area contributed by atoms with Crippen LogP contribution in [-0.2, 0) is 16.9 Å². The minimum Gasteiger partial charge on any atom is -0.315 e. The maximum atomic E-state index is 12.9. The van der Waals surface area contributed by atoms with Crippen molar-refractivity contribution in [2.75, 3.05) is 13.6 Å². The summed E-state index contributed by atoms with van der Waals surface area (Å²) in [5, 5.41) is 0. The van der Waals surface area contributed by atoms with Gasteiger partial charge in [0.15, 0.2) is 0 Å². The molecule has 0 unspecified atom stereocenters. The number of pyridine rings is 1. The first-order chi connectivity index (χ1) is 13.8. The summed E-state index contributed by atoms with van der Waals surface area (Å²) in [6.07, 6.45) is 6.49. The molecular weight excluding hydrogens is 366 g/mol. The Kier molecular flexibility index (Phi) is 12.2. The molecule has 0 atom stereocenters. The lowest BCUT2D eigenvalue weighted by atomic mass is 9.92. The van der Waals surface area contributed by atoms with Crippen LogP contribution >= 0.6 is 0 Å². The van der Waals surface area contributed by atoms with E-state index in [2.05, 4.69) is 6.92 Å². The van der Waals surface area contributed by atoms with E-state index in [0.29, 0.717) is 18.7 Å². The van der Waals surface area contributed by atoms with E-state index in [-0.39, 0.29) is 23.9 Å². The quantitative estimate of drug-likeness (QED) is 0.598. The minimum atomic E-state index is -0.768. The van der Waals surface area contributed by atoms with E-state index in [4.69, 9.17) is 0 Å². The Hall–Kier alpha value is -2.11. The number of amides is 3. The van der Waals surface area contributed by atoms with Gasteiger partial charge in [0.25, 0.3) is 5.56 Å². The zero-order chi connectivity index (χ0) is 22.6. The van der Waals surface area contributed by atoms with Gasteiger partial charge in [0.05, 0.1) is 5.54 Å². The molecule has 29 heavy (non-hydrogen) atoms. The lowest BCUT2D eigenvalue weighted by molar-refractivity contribution is -0.130. The lowest BCUT2D eigenvalue weighted by Gasteiger charge is -2.42. The van der Waals surface area contributed by atoms with Crippen LogP contribution in [0.5, 0.6) is 0 Å². The highest BCUT2D eigenvalue weighted by molar-refractivity contribution is 5.96. The Labute approximate surface area is 176 Å². The van der Waals surface area contributed by atoms with Crippen LogP contribution in [0.25, 0.3) is 0 Å². The fourth-order valence-corrected chi connectivity index (χ4v) is 3.31.